The lowest BCUT2D eigenvalue weighted by Crippen LogP contribution is -1.94. The second kappa shape index (κ2) is 12.7. The van der Waals surface area contributed by atoms with Crippen LogP contribution >= 0.6 is 0 Å². The van der Waals surface area contributed by atoms with Crippen molar-refractivity contribution in [2.75, 3.05) is 0 Å². The van der Waals surface area contributed by atoms with Crippen molar-refractivity contribution in [3.05, 3.63) is 169 Å². The molecule has 0 bridgehead atoms. The molecule has 0 saturated carbocycles. The van der Waals surface area contributed by atoms with Gasteiger partial charge in [0.2, 0.25) is 0 Å². The van der Waals surface area contributed by atoms with E-state index in [-0.39, 0.29) is 0 Å². The lowest BCUT2D eigenvalue weighted by Gasteiger charge is -2.14. The van der Waals surface area contributed by atoms with Crippen LogP contribution in [0.4, 0.5) is 0 Å². The molecule has 0 aliphatic rings. The summed E-state index contributed by atoms with van der Waals surface area (Å²) in [5.74, 6) is 0. The Balaban J connectivity index is 0.00000151. The second-order valence-electron chi connectivity index (χ2n) is 9.48. The van der Waals surface area contributed by atoms with Crippen molar-refractivity contribution in [1.82, 2.24) is 0 Å². The van der Waals surface area contributed by atoms with Gasteiger partial charge in [0.25, 0.3) is 0 Å². The highest BCUT2D eigenvalue weighted by molar-refractivity contribution is 5.76. The van der Waals surface area contributed by atoms with Gasteiger partial charge in [0.05, 0.1) is 0 Å². The summed E-state index contributed by atoms with van der Waals surface area (Å²) < 4.78 is 0. The Labute approximate surface area is 233 Å². The van der Waals surface area contributed by atoms with Crippen LogP contribution in [0.25, 0.3) is 44.5 Å². The second-order valence-corrected chi connectivity index (χ2v) is 9.48. The van der Waals surface area contributed by atoms with E-state index < -0.39 is 0 Å². The molecular formula is C39H34. The molecule has 0 aromatic heterocycles. The fraction of sp³-hybridized carbons (Fsp3) is 0.0769. The van der Waals surface area contributed by atoms with Crippen molar-refractivity contribution in [1.29, 1.82) is 0 Å². The molecule has 6 aromatic carbocycles. The van der Waals surface area contributed by atoms with Gasteiger partial charge < -0.3 is 0 Å². The Bertz CT molecular complexity index is 1360. The highest BCUT2D eigenvalue weighted by atomic mass is 14.1. The third kappa shape index (κ3) is 6.43. The van der Waals surface area contributed by atoms with Crippen molar-refractivity contribution < 1.29 is 0 Å². The summed E-state index contributed by atoms with van der Waals surface area (Å²) in [7, 11) is 0. The van der Waals surface area contributed by atoms with Gasteiger partial charge >= 0.3 is 0 Å². The summed E-state index contributed by atoms with van der Waals surface area (Å²) >= 11 is 0. The van der Waals surface area contributed by atoms with Gasteiger partial charge in [-0.1, -0.05) is 159 Å². The van der Waals surface area contributed by atoms with Crippen molar-refractivity contribution >= 4 is 0 Å². The Morgan fingerprint density at radius 3 is 0.744 bits per heavy atom. The molecule has 0 N–H and O–H groups in total. The normalized spacial score (nSPS) is 10.4. The molecule has 0 heterocycles. The molecule has 39 heavy (non-hydrogen) atoms. The molecule has 0 amide bonds. The first-order valence-corrected chi connectivity index (χ1v) is 13.8. The predicted molar refractivity (Wildman–Crippen MR) is 169 cm³/mol. The van der Waals surface area contributed by atoms with Gasteiger partial charge in [-0.2, -0.15) is 0 Å². The van der Waals surface area contributed by atoms with Crippen LogP contribution in [0, 0.1) is 0 Å². The molecule has 190 valence electrons. The van der Waals surface area contributed by atoms with Crippen LogP contribution in [-0.2, 0) is 6.42 Å². The van der Waals surface area contributed by atoms with E-state index in [1.165, 1.54) is 55.6 Å². The maximum absolute atomic E-state index is 2.35. The van der Waals surface area contributed by atoms with Crippen LogP contribution in [0.15, 0.2) is 158 Å². The predicted octanol–water partition coefficient (Wildman–Crippen LogP) is 11.0. The van der Waals surface area contributed by atoms with Crippen LogP contribution < -0.4 is 0 Å². The summed E-state index contributed by atoms with van der Waals surface area (Å²) in [4.78, 5) is 0. The topological polar surface area (TPSA) is 0 Å². The molecular weight excluding hydrogens is 468 g/mol. The fourth-order valence-corrected chi connectivity index (χ4v) is 5.01. The SMILES string of the molecule is CC.c1ccc(-c2cc(Cc3cc(-c4ccccc4)cc(-c4ccccc4)c3)cc(-c3ccccc3)c2)cc1. The van der Waals surface area contributed by atoms with E-state index in [0.717, 1.165) is 6.42 Å². The van der Waals surface area contributed by atoms with E-state index in [9.17, 15) is 0 Å². The van der Waals surface area contributed by atoms with Crippen LogP contribution in [0.5, 0.6) is 0 Å². The quantitative estimate of drug-likeness (QED) is 0.212. The lowest BCUT2D eigenvalue weighted by atomic mass is 9.91. The maximum Gasteiger partial charge on any atom is -0.00249 e. The molecule has 0 aliphatic heterocycles. The lowest BCUT2D eigenvalue weighted by molar-refractivity contribution is 1.20. The standard InChI is InChI=1S/C37H28.C2H6/c1-5-13-30(14-6-1)34-22-28(23-35(26-34)31-15-7-2-8-16-31)21-29-24-36(32-17-9-3-10-18-32)27-37(25-29)33-19-11-4-12-20-33;1-2/h1-20,22-27H,21H2;1-2H3. The van der Waals surface area contributed by atoms with E-state index in [1.807, 2.05) is 13.8 Å². The number of benzene rings is 6. The molecule has 0 heteroatoms. The Morgan fingerprint density at radius 1 is 0.282 bits per heavy atom. The summed E-state index contributed by atoms with van der Waals surface area (Å²) in [5.41, 5.74) is 12.6. The Morgan fingerprint density at radius 2 is 0.513 bits per heavy atom. The van der Waals surface area contributed by atoms with Gasteiger partial charge in [-0.3, -0.25) is 0 Å². The van der Waals surface area contributed by atoms with Crippen molar-refractivity contribution in [3.63, 3.8) is 0 Å². The minimum atomic E-state index is 0.862. The first-order chi connectivity index (χ1) is 19.3. The van der Waals surface area contributed by atoms with Crippen molar-refractivity contribution in [2.45, 2.75) is 20.3 Å². The van der Waals surface area contributed by atoms with Gasteiger partial charge in [-0.25, -0.2) is 0 Å². The van der Waals surface area contributed by atoms with Crippen molar-refractivity contribution in [2.24, 2.45) is 0 Å². The molecule has 0 fully saturated rings. The van der Waals surface area contributed by atoms with E-state index in [2.05, 4.69) is 158 Å². The summed E-state index contributed by atoms with van der Waals surface area (Å²) in [6.07, 6.45) is 0.862. The van der Waals surface area contributed by atoms with E-state index in [1.54, 1.807) is 0 Å². The Kier molecular flexibility index (Phi) is 8.46. The number of hydrogen-bond acceptors (Lipinski definition) is 0. The van der Waals surface area contributed by atoms with E-state index in [0.29, 0.717) is 0 Å². The summed E-state index contributed by atoms with van der Waals surface area (Å²) in [5, 5.41) is 0. The molecule has 0 atom stereocenters. The first kappa shape index (κ1) is 25.9. The zero-order valence-electron chi connectivity index (χ0n) is 22.7. The van der Waals surface area contributed by atoms with Crippen LogP contribution in [0.3, 0.4) is 0 Å². The minimum Gasteiger partial charge on any atom is -0.0683 e. The molecule has 0 saturated heterocycles. The number of hydrogen-bond donors (Lipinski definition) is 0. The molecule has 6 rings (SSSR count). The molecule has 0 radical (unpaired) electrons. The van der Waals surface area contributed by atoms with Gasteiger partial charge in [-0.05, 0) is 74.2 Å². The largest absolute Gasteiger partial charge is 0.0683 e. The maximum atomic E-state index is 2.35. The highest BCUT2D eigenvalue weighted by Crippen LogP contribution is 2.32. The van der Waals surface area contributed by atoms with Crippen LogP contribution in [0.1, 0.15) is 25.0 Å². The smallest absolute Gasteiger partial charge is 0.00249 e. The average molecular weight is 503 g/mol. The third-order valence-electron chi connectivity index (χ3n) is 6.82. The number of rotatable bonds is 6. The zero-order valence-corrected chi connectivity index (χ0v) is 22.7. The molecule has 6 aromatic rings. The summed E-state index contributed by atoms with van der Waals surface area (Å²) in [6.45, 7) is 4.00. The molecule has 0 spiro atoms. The van der Waals surface area contributed by atoms with Gasteiger partial charge in [0, 0.05) is 0 Å². The van der Waals surface area contributed by atoms with Gasteiger partial charge in [-0.15, -0.1) is 0 Å². The zero-order chi connectivity index (χ0) is 26.9. The van der Waals surface area contributed by atoms with E-state index in [4.69, 9.17) is 0 Å². The van der Waals surface area contributed by atoms with Crippen molar-refractivity contribution in [3.8, 4) is 44.5 Å². The molecule has 0 aliphatic carbocycles. The highest BCUT2D eigenvalue weighted by Gasteiger charge is 2.10. The third-order valence-corrected chi connectivity index (χ3v) is 6.82. The molecule has 0 nitrogen and oxygen atoms in total. The van der Waals surface area contributed by atoms with E-state index >= 15 is 0 Å². The monoisotopic (exact) mass is 502 g/mol. The minimum absolute atomic E-state index is 0.862. The van der Waals surface area contributed by atoms with Gasteiger partial charge in [0.1, 0.15) is 0 Å². The van der Waals surface area contributed by atoms with Gasteiger partial charge in [0.15, 0.2) is 0 Å². The fourth-order valence-electron chi connectivity index (χ4n) is 5.01. The Hall–Kier alpha value is -4.68. The summed E-state index contributed by atoms with van der Waals surface area (Å²) in [6, 6.07) is 56.7. The van der Waals surface area contributed by atoms with Crippen LogP contribution in [-0.4, -0.2) is 0 Å². The first-order valence-electron chi connectivity index (χ1n) is 13.8. The van der Waals surface area contributed by atoms with Crippen LogP contribution in [0.2, 0.25) is 0 Å². The molecule has 0 unspecified atom stereocenters. The average Bonchev–Trinajstić information content (AvgIpc) is 3.03.